The number of rotatable bonds is 5. The van der Waals surface area contributed by atoms with Crippen molar-refractivity contribution in [2.75, 3.05) is 23.7 Å². The van der Waals surface area contributed by atoms with Crippen molar-refractivity contribution in [2.45, 2.75) is 26.7 Å². The van der Waals surface area contributed by atoms with Gasteiger partial charge in [-0.15, -0.1) is 0 Å². The molecule has 2 N–H and O–H groups in total. The molecule has 0 bridgehead atoms. The van der Waals surface area contributed by atoms with Crippen LogP contribution in [-0.2, 0) is 0 Å². The van der Waals surface area contributed by atoms with Crippen molar-refractivity contribution in [1.82, 2.24) is 0 Å². The quantitative estimate of drug-likeness (QED) is 0.779. The SMILES string of the molecule is CCCCN(CC)c1ccc(N)cc1Cl. The van der Waals surface area contributed by atoms with E-state index in [1.807, 2.05) is 18.2 Å². The van der Waals surface area contributed by atoms with E-state index in [1.165, 1.54) is 12.8 Å². The van der Waals surface area contributed by atoms with E-state index in [0.717, 1.165) is 29.5 Å². The van der Waals surface area contributed by atoms with Gasteiger partial charge in [0.05, 0.1) is 10.7 Å². The molecule has 0 atom stereocenters. The summed E-state index contributed by atoms with van der Waals surface area (Å²) >= 11 is 6.16. The van der Waals surface area contributed by atoms with Gasteiger partial charge in [-0.25, -0.2) is 0 Å². The minimum Gasteiger partial charge on any atom is -0.399 e. The molecule has 3 heteroatoms. The summed E-state index contributed by atoms with van der Waals surface area (Å²) < 4.78 is 0. The topological polar surface area (TPSA) is 29.3 Å². The first kappa shape index (κ1) is 12.2. The number of nitrogens with two attached hydrogens (primary N) is 1. The number of benzene rings is 1. The zero-order chi connectivity index (χ0) is 11.3. The molecule has 0 fully saturated rings. The predicted octanol–water partition coefficient (Wildman–Crippen LogP) is 3.55. The minimum atomic E-state index is 0.718. The molecule has 15 heavy (non-hydrogen) atoms. The first-order chi connectivity index (χ1) is 7.19. The van der Waals surface area contributed by atoms with Crippen LogP contribution in [0.25, 0.3) is 0 Å². The molecule has 0 saturated carbocycles. The monoisotopic (exact) mass is 226 g/mol. The van der Waals surface area contributed by atoms with E-state index in [9.17, 15) is 0 Å². The highest BCUT2D eigenvalue weighted by Gasteiger charge is 2.07. The van der Waals surface area contributed by atoms with E-state index in [1.54, 1.807) is 0 Å². The maximum Gasteiger partial charge on any atom is 0.0660 e. The summed E-state index contributed by atoms with van der Waals surface area (Å²) in [5, 5.41) is 0.743. The van der Waals surface area contributed by atoms with E-state index >= 15 is 0 Å². The van der Waals surface area contributed by atoms with Gasteiger partial charge in [-0.3, -0.25) is 0 Å². The largest absolute Gasteiger partial charge is 0.399 e. The fourth-order valence-electron chi connectivity index (χ4n) is 1.58. The molecule has 0 aromatic heterocycles. The van der Waals surface area contributed by atoms with Crippen molar-refractivity contribution >= 4 is 23.0 Å². The molecule has 1 aromatic rings. The maximum absolute atomic E-state index is 6.16. The molecule has 1 aromatic carbocycles. The second-order valence-corrected chi connectivity index (χ2v) is 4.05. The second kappa shape index (κ2) is 5.86. The highest BCUT2D eigenvalue weighted by Crippen LogP contribution is 2.27. The Bertz CT molecular complexity index is 312. The highest BCUT2D eigenvalue weighted by atomic mass is 35.5. The molecular formula is C12H19ClN2. The van der Waals surface area contributed by atoms with Gasteiger partial charge in [0.2, 0.25) is 0 Å². The molecule has 0 aliphatic rings. The molecule has 0 aliphatic heterocycles. The van der Waals surface area contributed by atoms with Gasteiger partial charge in [0.1, 0.15) is 0 Å². The summed E-state index contributed by atoms with van der Waals surface area (Å²) in [6.07, 6.45) is 2.39. The molecular weight excluding hydrogens is 208 g/mol. The van der Waals surface area contributed by atoms with Crippen LogP contribution in [0.15, 0.2) is 18.2 Å². The number of hydrogen-bond acceptors (Lipinski definition) is 2. The molecule has 0 unspecified atom stereocenters. The van der Waals surface area contributed by atoms with Crippen molar-refractivity contribution < 1.29 is 0 Å². The molecule has 0 spiro atoms. The van der Waals surface area contributed by atoms with Gasteiger partial charge in [-0.05, 0) is 31.5 Å². The predicted molar refractivity (Wildman–Crippen MR) is 68.7 cm³/mol. The summed E-state index contributed by atoms with van der Waals surface area (Å²) in [4.78, 5) is 2.28. The van der Waals surface area contributed by atoms with Crippen LogP contribution in [0.1, 0.15) is 26.7 Å². The Morgan fingerprint density at radius 2 is 2.07 bits per heavy atom. The summed E-state index contributed by atoms with van der Waals surface area (Å²) in [5.41, 5.74) is 7.47. The first-order valence-electron chi connectivity index (χ1n) is 5.49. The zero-order valence-electron chi connectivity index (χ0n) is 9.46. The Morgan fingerprint density at radius 1 is 1.33 bits per heavy atom. The number of unbranched alkanes of at least 4 members (excludes halogenated alkanes) is 1. The van der Waals surface area contributed by atoms with Gasteiger partial charge in [-0.2, -0.15) is 0 Å². The Labute approximate surface area is 97.0 Å². The van der Waals surface area contributed by atoms with E-state index < -0.39 is 0 Å². The second-order valence-electron chi connectivity index (χ2n) is 3.64. The van der Waals surface area contributed by atoms with Crippen LogP contribution in [0.2, 0.25) is 5.02 Å². The zero-order valence-corrected chi connectivity index (χ0v) is 10.2. The van der Waals surface area contributed by atoms with Crippen molar-refractivity contribution in [3.05, 3.63) is 23.2 Å². The van der Waals surface area contributed by atoms with Gasteiger partial charge < -0.3 is 10.6 Å². The third kappa shape index (κ3) is 3.31. The van der Waals surface area contributed by atoms with Crippen LogP contribution >= 0.6 is 11.6 Å². The molecule has 84 valence electrons. The van der Waals surface area contributed by atoms with Gasteiger partial charge in [0.15, 0.2) is 0 Å². The summed E-state index contributed by atoms with van der Waals surface area (Å²) in [6.45, 7) is 6.36. The number of anilines is 2. The van der Waals surface area contributed by atoms with Crippen LogP contribution in [-0.4, -0.2) is 13.1 Å². The number of halogens is 1. The van der Waals surface area contributed by atoms with Crippen molar-refractivity contribution in [2.24, 2.45) is 0 Å². The lowest BCUT2D eigenvalue weighted by molar-refractivity contribution is 0.732. The van der Waals surface area contributed by atoms with E-state index in [-0.39, 0.29) is 0 Å². The molecule has 0 heterocycles. The Balaban J connectivity index is 2.81. The van der Waals surface area contributed by atoms with Gasteiger partial charge in [-0.1, -0.05) is 24.9 Å². The van der Waals surface area contributed by atoms with Gasteiger partial charge in [0, 0.05) is 18.8 Å². The first-order valence-corrected chi connectivity index (χ1v) is 5.86. The highest BCUT2D eigenvalue weighted by molar-refractivity contribution is 6.33. The fraction of sp³-hybridized carbons (Fsp3) is 0.500. The van der Waals surface area contributed by atoms with Crippen LogP contribution in [0.5, 0.6) is 0 Å². The summed E-state index contributed by atoms with van der Waals surface area (Å²) in [6, 6.07) is 5.71. The molecule has 2 nitrogen and oxygen atoms in total. The molecule has 0 amide bonds. The van der Waals surface area contributed by atoms with Crippen molar-refractivity contribution in [3.8, 4) is 0 Å². The lowest BCUT2D eigenvalue weighted by Crippen LogP contribution is -2.24. The lowest BCUT2D eigenvalue weighted by Gasteiger charge is -2.24. The van der Waals surface area contributed by atoms with Crippen LogP contribution < -0.4 is 10.6 Å². The van der Waals surface area contributed by atoms with Crippen LogP contribution in [0, 0.1) is 0 Å². The fourth-order valence-corrected chi connectivity index (χ4v) is 1.89. The van der Waals surface area contributed by atoms with E-state index in [0.29, 0.717) is 0 Å². The standard InChI is InChI=1S/C12H19ClN2/c1-3-5-8-15(4-2)12-7-6-10(14)9-11(12)13/h6-7,9H,3-5,8,14H2,1-2H3. The number of nitrogen functional groups attached to an aromatic ring is 1. The third-order valence-electron chi connectivity index (χ3n) is 2.48. The van der Waals surface area contributed by atoms with Gasteiger partial charge in [0.25, 0.3) is 0 Å². The smallest absolute Gasteiger partial charge is 0.0660 e. The number of nitrogens with zero attached hydrogens (tertiary/aromatic N) is 1. The van der Waals surface area contributed by atoms with Crippen molar-refractivity contribution in [3.63, 3.8) is 0 Å². The van der Waals surface area contributed by atoms with Crippen LogP contribution in [0.4, 0.5) is 11.4 Å². The lowest BCUT2D eigenvalue weighted by atomic mass is 10.2. The Kier molecular flexibility index (Phi) is 4.76. The average molecular weight is 227 g/mol. The Hall–Kier alpha value is -0.890. The summed E-state index contributed by atoms with van der Waals surface area (Å²) in [7, 11) is 0. The third-order valence-corrected chi connectivity index (χ3v) is 2.78. The van der Waals surface area contributed by atoms with E-state index in [4.69, 9.17) is 17.3 Å². The molecule has 0 radical (unpaired) electrons. The molecule has 0 saturated heterocycles. The van der Waals surface area contributed by atoms with Gasteiger partial charge >= 0.3 is 0 Å². The van der Waals surface area contributed by atoms with Crippen molar-refractivity contribution in [1.29, 1.82) is 0 Å². The molecule has 1 rings (SSSR count). The number of hydrogen-bond donors (Lipinski definition) is 1. The van der Waals surface area contributed by atoms with E-state index in [2.05, 4.69) is 18.7 Å². The Morgan fingerprint density at radius 3 is 2.60 bits per heavy atom. The minimum absolute atomic E-state index is 0.718. The van der Waals surface area contributed by atoms with Crippen LogP contribution in [0.3, 0.4) is 0 Å². The maximum atomic E-state index is 6.16. The summed E-state index contributed by atoms with van der Waals surface area (Å²) in [5.74, 6) is 0. The molecule has 0 aliphatic carbocycles. The normalized spacial score (nSPS) is 10.3. The average Bonchev–Trinajstić information content (AvgIpc) is 2.21.